The Morgan fingerprint density at radius 3 is 3.00 bits per heavy atom. The molecule has 0 atom stereocenters. The summed E-state index contributed by atoms with van der Waals surface area (Å²) in [7, 11) is 1.67. The molecule has 1 aromatic rings. The van der Waals surface area contributed by atoms with Crippen LogP contribution in [0.2, 0.25) is 0 Å². The summed E-state index contributed by atoms with van der Waals surface area (Å²) in [5.41, 5.74) is 1.16. The van der Waals surface area contributed by atoms with Crippen LogP contribution in [0, 0.1) is 0 Å². The van der Waals surface area contributed by atoms with Crippen LogP contribution in [0.3, 0.4) is 0 Å². The van der Waals surface area contributed by atoms with Crippen LogP contribution < -0.4 is 14.8 Å². The van der Waals surface area contributed by atoms with E-state index in [1.54, 1.807) is 7.11 Å². The zero-order chi connectivity index (χ0) is 9.60. The molecule has 1 spiro atoms. The Hall–Kier alpha value is -1.38. The minimum absolute atomic E-state index is 0.113. The lowest BCUT2D eigenvalue weighted by molar-refractivity contribution is 0.184. The van der Waals surface area contributed by atoms with E-state index < -0.39 is 0 Å². The van der Waals surface area contributed by atoms with Crippen molar-refractivity contribution in [3.8, 4) is 11.5 Å². The first-order valence-electron chi connectivity index (χ1n) is 4.92. The Labute approximate surface area is 83.0 Å². The molecule has 0 bridgehead atoms. The monoisotopic (exact) mass is 191 g/mol. The van der Waals surface area contributed by atoms with Crippen molar-refractivity contribution in [2.45, 2.75) is 18.4 Å². The van der Waals surface area contributed by atoms with Gasteiger partial charge in [-0.3, -0.25) is 0 Å². The number of nitrogens with one attached hydrogen (secondary N) is 1. The second-order valence-electron chi connectivity index (χ2n) is 4.00. The van der Waals surface area contributed by atoms with Crippen molar-refractivity contribution in [3.05, 3.63) is 18.2 Å². The Morgan fingerprint density at radius 2 is 2.29 bits per heavy atom. The van der Waals surface area contributed by atoms with Crippen LogP contribution in [0.1, 0.15) is 12.8 Å². The van der Waals surface area contributed by atoms with Gasteiger partial charge in [-0.1, -0.05) is 0 Å². The lowest BCUT2D eigenvalue weighted by Gasteiger charge is -2.27. The number of rotatable bonds is 1. The van der Waals surface area contributed by atoms with Crippen molar-refractivity contribution < 1.29 is 9.47 Å². The van der Waals surface area contributed by atoms with E-state index in [4.69, 9.17) is 9.47 Å². The molecule has 2 aliphatic rings. The van der Waals surface area contributed by atoms with Crippen LogP contribution in [-0.2, 0) is 0 Å². The lowest BCUT2D eigenvalue weighted by Crippen LogP contribution is -2.32. The molecular weight excluding hydrogens is 178 g/mol. The number of ether oxygens (including phenoxy) is 2. The van der Waals surface area contributed by atoms with E-state index >= 15 is 0 Å². The van der Waals surface area contributed by atoms with E-state index in [0.29, 0.717) is 0 Å². The highest BCUT2D eigenvalue weighted by Crippen LogP contribution is 2.46. The average Bonchev–Trinajstić information content (AvgIpc) is 2.97. The minimum Gasteiger partial charge on any atom is -0.497 e. The summed E-state index contributed by atoms with van der Waals surface area (Å²) in [5, 5.41) is 3.39. The van der Waals surface area contributed by atoms with Gasteiger partial charge in [0.25, 0.3) is 0 Å². The predicted molar refractivity (Wildman–Crippen MR) is 54.1 cm³/mol. The van der Waals surface area contributed by atoms with Crippen molar-refractivity contribution in [3.63, 3.8) is 0 Å². The highest BCUT2D eigenvalue weighted by Gasteiger charge is 2.47. The van der Waals surface area contributed by atoms with Gasteiger partial charge in [-0.25, -0.2) is 0 Å². The van der Waals surface area contributed by atoms with E-state index in [0.717, 1.165) is 23.7 Å². The molecule has 1 aromatic carbocycles. The third-order valence-corrected chi connectivity index (χ3v) is 2.92. The topological polar surface area (TPSA) is 30.5 Å². The summed E-state index contributed by atoms with van der Waals surface area (Å²) in [5.74, 6) is 1.82. The molecule has 1 saturated carbocycles. The summed E-state index contributed by atoms with van der Waals surface area (Å²) in [4.78, 5) is 0. The zero-order valence-corrected chi connectivity index (χ0v) is 8.17. The van der Waals surface area contributed by atoms with E-state index in [9.17, 15) is 0 Å². The molecule has 1 fully saturated rings. The van der Waals surface area contributed by atoms with Crippen LogP contribution in [-0.4, -0.2) is 19.3 Å². The van der Waals surface area contributed by atoms with Gasteiger partial charge < -0.3 is 14.8 Å². The van der Waals surface area contributed by atoms with E-state index in [1.165, 1.54) is 12.8 Å². The smallest absolute Gasteiger partial charge is 0.143 e. The second-order valence-corrected chi connectivity index (χ2v) is 4.00. The van der Waals surface area contributed by atoms with Gasteiger partial charge in [0.15, 0.2) is 0 Å². The molecule has 0 saturated heterocycles. The second kappa shape index (κ2) is 2.56. The molecule has 1 aliphatic carbocycles. The van der Waals surface area contributed by atoms with Crippen molar-refractivity contribution in [1.29, 1.82) is 0 Å². The maximum absolute atomic E-state index is 5.91. The first-order valence-corrected chi connectivity index (χ1v) is 4.92. The van der Waals surface area contributed by atoms with Crippen LogP contribution in [0.25, 0.3) is 0 Å². The van der Waals surface area contributed by atoms with Gasteiger partial charge in [-0.2, -0.15) is 0 Å². The van der Waals surface area contributed by atoms with Gasteiger partial charge in [-0.05, 0) is 25.0 Å². The van der Waals surface area contributed by atoms with E-state index in [1.807, 2.05) is 18.2 Å². The van der Waals surface area contributed by atoms with Gasteiger partial charge in [0.05, 0.1) is 19.3 Å². The molecule has 3 rings (SSSR count). The number of hydrogen-bond donors (Lipinski definition) is 1. The lowest BCUT2D eigenvalue weighted by atomic mass is 10.2. The van der Waals surface area contributed by atoms with Gasteiger partial charge in [0, 0.05) is 6.07 Å². The van der Waals surface area contributed by atoms with Crippen LogP contribution in [0.15, 0.2) is 18.2 Å². The fourth-order valence-electron chi connectivity index (χ4n) is 1.81. The molecule has 14 heavy (non-hydrogen) atoms. The van der Waals surface area contributed by atoms with Crippen molar-refractivity contribution in [2.24, 2.45) is 0 Å². The van der Waals surface area contributed by atoms with Gasteiger partial charge in [0.2, 0.25) is 0 Å². The number of fused-ring (bicyclic) bond motifs is 1. The third kappa shape index (κ3) is 1.12. The molecule has 74 valence electrons. The minimum atomic E-state index is 0.113. The normalized spacial score (nSPS) is 20.6. The van der Waals surface area contributed by atoms with E-state index in [-0.39, 0.29) is 5.60 Å². The molecule has 1 heterocycles. The van der Waals surface area contributed by atoms with Gasteiger partial charge in [0.1, 0.15) is 17.1 Å². The molecule has 1 N–H and O–H groups in total. The largest absolute Gasteiger partial charge is 0.497 e. The SMILES string of the molecule is COc1ccc2c(c1)NCC1(CC1)O2. The fraction of sp³-hybridized carbons (Fsp3) is 0.455. The Morgan fingerprint density at radius 1 is 1.43 bits per heavy atom. The van der Waals surface area contributed by atoms with Crippen molar-refractivity contribution >= 4 is 5.69 Å². The molecular formula is C11H13NO2. The third-order valence-electron chi connectivity index (χ3n) is 2.92. The molecule has 0 radical (unpaired) electrons. The molecule has 0 aromatic heterocycles. The molecule has 0 unspecified atom stereocenters. The summed E-state index contributed by atoms with van der Waals surface area (Å²) < 4.78 is 11.1. The van der Waals surface area contributed by atoms with Crippen molar-refractivity contribution in [1.82, 2.24) is 0 Å². The molecule has 3 heteroatoms. The number of hydrogen-bond acceptors (Lipinski definition) is 3. The van der Waals surface area contributed by atoms with Gasteiger partial charge >= 0.3 is 0 Å². The van der Waals surface area contributed by atoms with Gasteiger partial charge in [-0.15, -0.1) is 0 Å². The first kappa shape index (κ1) is 7.97. The van der Waals surface area contributed by atoms with Crippen LogP contribution in [0.4, 0.5) is 5.69 Å². The summed E-state index contributed by atoms with van der Waals surface area (Å²) in [6.45, 7) is 0.924. The number of anilines is 1. The molecule has 3 nitrogen and oxygen atoms in total. The van der Waals surface area contributed by atoms with Crippen LogP contribution >= 0.6 is 0 Å². The predicted octanol–water partition coefficient (Wildman–Crippen LogP) is 2.03. The highest BCUT2D eigenvalue weighted by atomic mass is 16.5. The Kier molecular flexibility index (Phi) is 1.46. The van der Waals surface area contributed by atoms with E-state index in [2.05, 4.69) is 5.32 Å². The molecule has 1 aliphatic heterocycles. The summed E-state index contributed by atoms with van der Waals surface area (Å²) in [6, 6.07) is 5.88. The standard InChI is InChI=1S/C11H13NO2/c1-13-8-2-3-10-9(6-8)12-7-11(14-10)4-5-11/h2-3,6,12H,4-5,7H2,1H3. The number of methoxy groups -OCH3 is 1. The Balaban J connectivity index is 1.95. The fourth-order valence-corrected chi connectivity index (χ4v) is 1.81. The zero-order valence-electron chi connectivity index (χ0n) is 8.17. The maximum atomic E-state index is 5.91. The van der Waals surface area contributed by atoms with Crippen molar-refractivity contribution in [2.75, 3.05) is 19.0 Å². The Bertz CT molecular complexity index is 372. The summed E-state index contributed by atoms with van der Waals surface area (Å²) >= 11 is 0. The first-order chi connectivity index (χ1) is 6.81. The highest BCUT2D eigenvalue weighted by molar-refractivity contribution is 5.62. The maximum Gasteiger partial charge on any atom is 0.143 e. The summed E-state index contributed by atoms with van der Waals surface area (Å²) in [6.07, 6.45) is 2.34. The average molecular weight is 191 g/mol. The van der Waals surface area contributed by atoms with Crippen LogP contribution in [0.5, 0.6) is 11.5 Å². The quantitative estimate of drug-likeness (QED) is 0.736. The number of benzene rings is 1. The molecule has 0 amide bonds.